The molecule has 0 unspecified atom stereocenters. The Bertz CT molecular complexity index is 870. The zero-order valence-electron chi connectivity index (χ0n) is 12.6. The first-order chi connectivity index (χ1) is 11.3. The van der Waals surface area contributed by atoms with E-state index in [0.29, 0.717) is 12.4 Å². The van der Waals surface area contributed by atoms with E-state index in [1.807, 2.05) is 12.1 Å². The number of rotatable bonds is 3. The Balaban J connectivity index is 1.64. The molecule has 0 spiro atoms. The monoisotopic (exact) mass is 324 g/mol. The topological polar surface area (TPSA) is 70.7 Å². The molecule has 1 N–H and O–H groups in total. The van der Waals surface area contributed by atoms with Gasteiger partial charge in [0, 0.05) is 4.88 Å². The number of hydrogen-bond donors (Lipinski definition) is 1. The first-order valence-electron chi connectivity index (χ1n) is 7.72. The van der Waals surface area contributed by atoms with Crippen molar-refractivity contribution < 1.29 is 5.11 Å². The first-order valence-corrected chi connectivity index (χ1v) is 8.53. The second-order valence-corrected chi connectivity index (χ2v) is 6.74. The number of aromatic hydroxyl groups is 1. The van der Waals surface area contributed by atoms with E-state index in [9.17, 15) is 5.11 Å². The van der Waals surface area contributed by atoms with Crippen LogP contribution in [0, 0.1) is 0 Å². The van der Waals surface area contributed by atoms with Crippen molar-refractivity contribution in [3.8, 4) is 5.75 Å². The van der Waals surface area contributed by atoms with Crippen molar-refractivity contribution in [3.63, 3.8) is 0 Å². The van der Waals surface area contributed by atoms with Gasteiger partial charge >= 0.3 is 0 Å². The van der Waals surface area contributed by atoms with Crippen LogP contribution in [0.4, 0.5) is 5.82 Å². The number of phenolic OH excluding ortho intramolecular Hbond substituents is 1. The highest BCUT2D eigenvalue weighted by atomic mass is 32.1. The first kappa shape index (κ1) is 14.3. The maximum atomic E-state index is 9.30. The molecule has 116 valence electrons. The van der Waals surface area contributed by atoms with E-state index in [4.69, 9.17) is 0 Å². The summed E-state index contributed by atoms with van der Waals surface area (Å²) in [5.41, 5.74) is 2.37. The summed E-state index contributed by atoms with van der Waals surface area (Å²) >= 11 is 1.76. The van der Waals surface area contributed by atoms with Gasteiger partial charge in [0.05, 0.1) is 11.9 Å². The van der Waals surface area contributed by atoms with Gasteiger partial charge in [-0.05, 0) is 48.9 Å². The summed E-state index contributed by atoms with van der Waals surface area (Å²) in [5, 5.41) is 19.0. The standard InChI is InChI=1S/C17H16N4OS/c22-12-7-5-11(6-8-12)9-20-21-16-15-13-3-1-2-4-14(13)23-17(15)19-10-18-16/h5-8,10,22H,1-4,9H2. The molecule has 2 aromatic heterocycles. The maximum absolute atomic E-state index is 9.30. The summed E-state index contributed by atoms with van der Waals surface area (Å²) in [5.74, 6) is 0.932. The molecule has 23 heavy (non-hydrogen) atoms. The van der Waals surface area contributed by atoms with Crippen LogP contribution >= 0.6 is 11.3 Å². The van der Waals surface area contributed by atoms with Crippen molar-refractivity contribution >= 4 is 27.4 Å². The minimum Gasteiger partial charge on any atom is -0.508 e. The molecule has 0 fully saturated rings. The number of thiophene rings is 1. The number of fused-ring (bicyclic) bond motifs is 3. The second kappa shape index (κ2) is 6.04. The Kier molecular flexibility index (Phi) is 3.75. The van der Waals surface area contributed by atoms with Crippen molar-refractivity contribution in [2.24, 2.45) is 10.2 Å². The summed E-state index contributed by atoms with van der Waals surface area (Å²) in [6.45, 7) is 0.470. The van der Waals surface area contributed by atoms with Crippen molar-refractivity contribution in [2.75, 3.05) is 0 Å². The van der Waals surface area contributed by atoms with Gasteiger partial charge in [0.15, 0.2) is 5.82 Å². The smallest absolute Gasteiger partial charge is 0.186 e. The van der Waals surface area contributed by atoms with Crippen molar-refractivity contribution in [1.29, 1.82) is 0 Å². The number of aromatic nitrogens is 2. The highest BCUT2D eigenvalue weighted by Crippen LogP contribution is 2.39. The van der Waals surface area contributed by atoms with Gasteiger partial charge in [-0.25, -0.2) is 9.97 Å². The average molecular weight is 324 g/mol. The van der Waals surface area contributed by atoms with E-state index in [1.165, 1.54) is 23.3 Å². The minimum atomic E-state index is 0.257. The van der Waals surface area contributed by atoms with Crippen LogP contribution in [0.25, 0.3) is 10.2 Å². The van der Waals surface area contributed by atoms with E-state index >= 15 is 0 Å². The van der Waals surface area contributed by atoms with Gasteiger partial charge in [0.1, 0.15) is 16.9 Å². The number of benzene rings is 1. The molecule has 0 saturated carbocycles. The molecule has 0 amide bonds. The van der Waals surface area contributed by atoms with Gasteiger partial charge in [-0.15, -0.1) is 16.5 Å². The van der Waals surface area contributed by atoms with E-state index in [-0.39, 0.29) is 5.75 Å². The molecule has 1 aliphatic rings. The molecule has 1 aliphatic carbocycles. The fraction of sp³-hybridized carbons (Fsp3) is 0.294. The molecule has 0 radical (unpaired) electrons. The maximum Gasteiger partial charge on any atom is 0.186 e. The summed E-state index contributed by atoms with van der Waals surface area (Å²) in [7, 11) is 0. The van der Waals surface area contributed by atoms with Gasteiger partial charge in [0.2, 0.25) is 0 Å². The zero-order valence-corrected chi connectivity index (χ0v) is 13.4. The SMILES string of the molecule is Oc1ccc(CN=Nc2ncnc3sc4c(c23)CCCC4)cc1. The quantitative estimate of drug-likeness (QED) is 0.718. The molecule has 4 rings (SSSR count). The largest absolute Gasteiger partial charge is 0.508 e. The lowest BCUT2D eigenvalue weighted by atomic mass is 9.97. The third-order valence-corrected chi connectivity index (χ3v) is 5.29. The predicted octanol–water partition coefficient (Wildman–Crippen LogP) is 4.56. The Morgan fingerprint density at radius 2 is 1.91 bits per heavy atom. The number of azo groups is 1. The molecule has 0 saturated heterocycles. The predicted molar refractivity (Wildman–Crippen MR) is 90.4 cm³/mol. The summed E-state index contributed by atoms with van der Waals surface area (Å²) in [6, 6.07) is 7.00. The van der Waals surface area contributed by atoms with Gasteiger partial charge in [-0.3, -0.25) is 0 Å². The van der Waals surface area contributed by atoms with Crippen LogP contribution < -0.4 is 0 Å². The number of phenols is 1. The Hall–Kier alpha value is -2.34. The second-order valence-electron chi connectivity index (χ2n) is 5.65. The molecule has 1 aromatic carbocycles. The van der Waals surface area contributed by atoms with E-state index in [1.54, 1.807) is 29.8 Å². The van der Waals surface area contributed by atoms with Gasteiger partial charge in [-0.1, -0.05) is 12.1 Å². The number of nitrogens with zero attached hydrogens (tertiary/aromatic N) is 4. The van der Waals surface area contributed by atoms with Crippen LogP contribution in [-0.2, 0) is 19.4 Å². The molecule has 3 aromatic rings. The van der Waals surface area contributed by atoms with Crippen LogP contribution in [-0.4, -0.2) is 15.1 Å². The average Bonchev–Trinajstić information content (AvgIpc) is 2.96. The fourth-order valence-electron chi connectivity index (χ4n) is 2.93. The summed E-state index contributed by atoms with van der Waals surface area (Å²) in [4.78, 5) is 11.2. The van der Waals surface area contributed by atoms with Crippen LogP contribution in [0.2, 0.25) is 0 Å². The molecular weight excluding hydrogens is 308 g/mol. The highest BCUT2D eigenvalue weighted by Gasteiger charge is 2.19. The lowest BCUT2D eigenvalue weighted by Crippen LogP contribution is -1.98. The van der Waals surface area contributed by atoms with E-state index < -0.39 is 0 Å². The normalized spacial score (nSPS) is 14.4. The Labute approximate surface area is 137 Å². The lowest BCUT2D eigenvalue weighted by Gasteiger charge is -2.10. The van der Waals surface area contributed by atoms with E-state index in [0.717, 1.165) is 28.6 Å². The van der Waals surface area contributed by atoms with Gasteiger partial charge in [0.25, 0.3) is 0 Å². The fourth-order valence-corrected chi connectivity index (χ4v) is 4.16. The van der Waals surface area contributed by atoms with E-state index in [2.05, 4.69) is 20.2 Å². The van der Waals surface area contributed by atoms with Crippen molar-refractivity contribution in [1.82, 2.24) is 9.97 Å². The minimum absolute atomic E-state index is 0.257. The van der Waals surface area contributed by atoms with Crippen LogP contribution in [0.5, 0.6) is 5.75 Å². The Morgan fingerprint density at radius 3 is 2.78 bits per heavy atom. The number of hydrogen-bond acceptors (Lipinski definition) is 6. The third kappa shape index (κ3) is 2.82. The molecule has 5 nitrogen and oxygen atoms in total. The Morgan fingerprint density at radius 1 is 1.09 bits per heavy atom. The van der Waals surface area contributed by atoms with Crippen molar-refractivity contribution in [2.45, 2.75) is 32.2 Å². The third-order valence-electron chi connectivity index (χ3n) is 4.09. The van der Waals surface area contributed by atoms with Crippen LogP contribution in [0.3, 0.4) is 0 Å². The molecule has 2 heterocycles. The number of aryl methyl sites for hydroxylation is 2. The lowest BCUT2D eigenvalue weighted by molar-refractivity contribution is 0.475. The van der Waals surface area contributed by atoms with Crippen LogP contribution in [0.15, 0.2) is 40.8 Å². The van der Waals surface area contributed by atoms with Crippen molar-refractivity contribution in [3.05, 3.63) is 46.6 Å². The molecule has 0 bridgehead atoms. The van der Waals surface area contributed by atoms with Crippen LogP contribution in [0.1, 0.15) is 28.8 Å². The van der Waals surface area contributed by atoms with Gasteiger partial charge < -0.3 is 5.11 Å². The molecule has 0 atom stereocenters. The van der Waals surface area contributed by atoms with Gasteiger partial charge in [-0.2, -0.15) is 5.11 Å². The zero-order chi connectivity index (χ0) is 15.6. The molecule has 6 heteroatoms. The summed E-state index contributed by atoms with van der Waals surface area (Å²) < 4.78 is 0. The molecular formula is C17H16N4OS. The highest BCUT2D eigenvalue weighted by molar-refractivity contribution is 7.18. The molecule has 0 aliphatic heterocycles. The summed E-state index contributed by atoms with van der Waals surface area (Å²) in [6.07, 6.45) is 6.27.